The molecule has 0 aliphatic rings. The topological polar surface area (TPSA) is 54.2 Å². The quantitative estimate of drug-likeness (QED) is 0.626. The highest BCUT2D eigenvalue weighted by Crippen LogP contribution is 2.11. The third-order valence-electron chi connectivity index (χ3n) is 3.88. The van der Waals surface area contributed by atoms with Crippen molar-refractivity contribution in [2.24, 2.45) is 18.0 Å². The maximum atomic E-state index is 4.44. The van der Waals surface area contributed by atoms with E-state index >= 15 is 0 Å². The first-order valence-corrected chi connectivity index (χ1v) is 7.81. The lowest BCUT2D eigenvalue weighted by molar-refractivity contribution is 0.489. The SMILES string of the molecule is CN=C(NCc1c(C)nn(C)c1C)NC(C)CCC(C)C. The fourth-order valence-corrected chi connectivity index (χ4v) is 2.33. The zero-order valence-electron chi connectivity index (χ0n) is 14.6. The van der Waals surface area contributed by atoms with Crippen molar-refractivity contribution >= 4 is 5.96 Å². The molecule has 1 atom stereocenters. The molecular formula is C16H31N5. The third kappa shape index (κ3) is 5.40. The Balaban J connectivity index is 2.52. The Morgan fingerprint density at radius 2 is 1.90 bits per heavy atom. The Bertz CT molecular complexity index is 473. The van der Waals surface area contributed by atoms with Gasteiger partial charge in [0.1, 0.15) is 0 Å². The molecule has 5 nitrogen and oxygen atoms in total. The van der Waals surface area contributed by atoms with Crippen molar-refractivity contribution in [2.75, 3.05) is 7.05 Å². The second-order valence-corrected chi connectivity index (χ2v) is 6.22. The van der Waals surface area contributed by atoms with E-state index in [2.05, 4.69) is 48.4 Å². The summed E-state index contributed by atoms with van der Waals surface area (Å²) in [5, 5.41) is 11.3. The monoisotopic (exact) mass is 293 g/mol. The van der Waals surface area contributed by atoms with Crippen LogP contribution in [0.2, 0.25) is 0 Å². The van der Waals surface area contributed by atoms with Gasteiger partial charge in [0, 0.05) is 37.9 Å². The van der Waals surface area contributed by atoms with Crippen molar-refractivity contribution in [1.29, 1.82) is 0 Å². The summed E-state index contributed by atoms with van der Waals surface area (Å²) in [6.07, 6.45) is 2.38. The molecule has 1 heterocycles. The summed E-state index contributed by atoms with van der Waals surface area (Å²) in [6.45, 7) is 11.6. The molecule has 1 aromatic heterocycles. The van der Waals surface area contributed by atoms with Crippen molar-refractivity contribution in [3.63, 3.8) is 0 Å². The van der Waals surface area contributed by atoms with E-state index in [1.165, 1.54) is 17.7 Å². The second kappa shape index (κ2) is 8.05. The Labute approximate surface area is 129 Å². The van der Waals surface area contributed by atoms with Crippen LogP contribution in [0.3, 0.4) is 0 Å². The molecule has 1 aromatic rings. The van der Waals surface area contributed by atoms with Crippen LogP contribution in [0.25, 0.3) is 0 Å². The molecule has 0 bridgehead atoms. The molecule has 0 fully saturated rings. The molecule has 0 amide bonds. The first-order chi connectivity index (χ1) is 9.85. The molecule has 120 valence electrons. The lowest BCUT2D eigenvalue weighted by atomic mass is 10.0. The number of nitrogens with one attached hydrogen (secondary N) is 2. The molecular weight excluding hydrogens is 262 g/mol. The Morgan fingerprint density at radius 1 is 1.24 bits per heavy atom. The highest BCUT2D eigenvalue weighted by molar-refractivity contribution is 5.79. The molecule has 0 aliphatic heterocycles. The number of hydrogen-bond donors (Lipinski definition) is 2. The fourth-order valence-electron chi connectivity index (χ4n) is 2.33. The summed E-state index contributed by atoms with van der Waals surface area (Å²) < 4.78 is 1.92. The van der Waals surface area contributed by atoms with Gasteiger partial charge in [0.05, 0.1) is 5.69 Å². The molecule has 1 rings (SSSR count). The summed E-state index contributed by atoms with van der Waals surface area (Å²) in [7, 11) is 3.79. The van der Waals surface area contributed by atoms with Crippen molar-refractivity contribution in [2.45, 2.75) is 60.0 Å². The number of aliphatic imine (C=N–C) groups is 1. The van der Waals surface area contributed by atoms with Crippen LogP contribution in [0.1, 0.15) is 50.6 Å². The fraction of sp³-hybridized carbons (Fsp3) is 0.750. The normalized spacial score (nSPS) is 13.6. The summed E-state index contributed by atoms with van der Waals surface area (Å²) >= 11 is 0. The Morgan fingerprint density at radius 3 is 2.38 bits per heavy atom. The number of guanidine groups is 1. The lowest BCUT2D eigenvalue weighted by Gasteiger charge is -2.18. The van der Waals surface area contributed by atoms with Crippen LogP contribution in [-0.2, 0) is 13.6 Å². The molecule has 1 unspecified atom stereocenters. The zero-order chi connectivity index (χ0) is 16.0. The van der Waals surface area contributed by atoms with E-state index in [9.17, 15) is 0 Å². The minimum Gasteiger partial charge on any atom is -0.354 e. The van der Waals surface area contributed by atoms with Gasteiger partial charge in [-0.15, -0.1) is 0 Å². The highest BCUT2D eigenvalue weighted by Gasteiger charge is 2.11. The average Bonchev–Trinajstić information content (AvgIpc) is 2.66. The predicted molar refractivity (Wildman–Crippen MR) is 89.6 cm³/mol. The summed E-state index contributed by atoms with van der Waals surface area (Å²) in [6, 6.07) is 0.426. The standard InChI is InChI=1S/C16H31N5/c1-11(2)8-9-12(3)19-16(17-6)18-10-15-13(4)20-21(7)14(15)5/h11-12H,8-10H2,1-7H3,(H2,17,18,19). The lowest BCUT2D eigenvalue weighted by Crippen LogP contribution is -2.42. The summed E-state index contributed by atoms with van der Waals surface area (Å²) in [4.78, 5) is 4.30. The molecule has 0 aliphatic carbocycles. The van der Waals surface area contributed by atoms with Gasteiger partial charge in [0.25, 0.3) is 0 Å². The summed E-state index contributed by atoms with van der Waals surface area (Å²) in [5.41, 5.74) is 3.52. The Kier molecular flexibility index (Phi) is 6.72. The molecule has 2 N–H and O–H groups in total. The molecule has 0 spiro atoms. The van der Waals surface area contributed by atoms with Crippen LogP contribution >= 0.6 is 0 Å². The minimum atomic E-state index is 0.426. The van der Waals surface area contributed by atoms with Gasteiger partial charge in [-0.25, -0.2) is 0 Å². The number of aromatic nitrogens is 2. The first-order valence-electron chi connectivity index (χ1n) is 7.81. The van der Waals surface area contributed by atoms with E-state index in [0.717, 1.165) is 30.5 Å². The molecule has 0 saturated carbocycles. The van der Waals surface area contributed by atoms with Gasteiger partial charge in [-0.2, -0.15) is 5.10 Å². The minimum absolute atomic E-state index is 0.426. The number of rotatable bonds is 6. The second-order valence-electron chi connectivity index (χ2n) is 6.22. The third-order valence-corrected chi connectivity index (χ3v) is 3.88. The Hall–Kier alpha value is -1.52. The van der Waals surface area contributed by atoms with Crippen LogP contribution in [0.15, 0.2) is 4.99 Å². The van der Waals surface area contributed by atoms with Crippen LogP contribution in [0, 0.1) is 19.8 Å². The van der Waals surface area contributed by atoms with Gasteiger partial charge in [-0.05, 0) is 39.5 Å². The van der Waals surface area contributed by atoms with Gasteiger partial charge in [0.2, 0.25) is 0 Å². The molecule has 21 heavy (non-hydrogen) atoms. The van der Waals surface area contributed by atoms with Gasteiger partial charge < -0.3 is 10.6 Å². The smallest absolute Gasteiger partial charge is 0.191 e. The maximum absolute atomic E-state index is 4.44. The van der Waals surface area contributed by atoms with Gasteiger partial charge in [-0.3, -0.25) is 9.67 Å². The highest BCUT2D eigenvalue weighted by atomic mass is 15.3. The largest absolute Gasteiger partial charge is 0.354 e. The maximum Gasteiger partial charge on any atom is 0.191 e. The van der Waals surface area contributed by atoms with E-state index in [1.54, 1.807) is 0 Å². The first kappa shape index (κ1) is 17.5. The van der Waals surface area contributed by atoms with E-state index in [0.29, 0.717) is 6.04 Å². The van der Waals surface area contributed by atoms with Crippen molar-refractivity contribution < 1.29 is 0 Å². The number of nitrogens with zero attached hydrogens (tertiary/aromatic N) is 3. The van der Waals surface area contributed by atoms with Crippen molar-refractivity contribution in [3.05, 3.63) is 17.0 Å². The average molecular weight is 293 g/mol. The summed E-state index contributed by atoms with van der Waals surface area (Å²) in [5.74, 6) is 1.60. The van der Waals surface area contributed by atoms with Crippen LogP contribution in [0.5, 0.6) is 0 Å². The molecule has 5 heteroatoms. The van der Waals surface area contributed by atoms with Crippen LogP contribution < -0.4 is 10.6 Å². The van der Waals surface area contributed by atoms with E-state index in [-0.39, 0.29) is 0 Å². The predicted octanol–water partition coefficient (Wildman–Crippen LogP) is 2.53. The molecule has 0 saturated heterocycles. The number of hydrogen-bond acceptors (Lipinski definition) is 2. The van der Waals surface area contributed by atoms with Crippen molar-refractivity contribution in [1.82, 2.24) is 20.4 Å². The number of aryl methyl sites for hydroxylation is 2. The van der Waals surface area contributed by atoms with E-state index in [4.69, 9.17) is 0 Å². The van der Waals surface area contributed by atoms with Crippen LogP contribution in [-0.4, -0.2) is 28.8 Å². The molecule has 0 radical (unpaired) electrons. The van der Waals surface area contributed by atoms with Gasteiger partial charge in [0.15, 0.2) is 5.96 Å². The van der Waals surface area contributed by atoms with Gasteiger partial charge in [-0.1, -0.05) is 13.8 Å². The molecule has 0 aromatic carbocycles. The zero-order valence-corrected chi connectivity index (χ0v) is 14.6. The van der Waals surface area contributed by atoms with Crippen molar-refractivity contribution in [3.8, 4) is 0 Å². The van der Waals surface area contributed by atoms with E-state index in [1.807, 2.05) is 25.7 Å². The van der Waals surface area contributed by atoms with Crippen LogP contribution in [0.4, 0.5) is 0 Å². The van der Waals surface area contributed by atoms with E-state index < -0.39 is 0 Å². The van der Waals surface area contributed by atoms with Gasteiger partial charge >= 0.3 is 0 Å².